The molecule has 1 aliphatic rings. The van der Waals surface area contributed by atoms with E-state index in [2.05, 4.69) is 4.98 Å². The van der Waals surface area contributed by atoms with Crippen molar-refractivity contribution < 1.29 is 13.9 Å². The minimum atomic E-state index is -0.485. The van der Waals surface area contributed by atoms with Gasteiger partial charge in [0.1, 0.15) is 0 Å². The molecule has 2 aromatic heterocycles. The Morgan fingerprint density at radius 3 is 2.52 bits per heavy atom. The summed E-state index contributed by atoms with van der Waals surface area (Å²) in [6, 6.07) is 5.93. The molecule has 0 N–H and O–H groups in total. The first-order chi connectivity index (χ1) is 12.1. The van der Waals surface area contributed by atoms with Crippen molar-refractivity contribution in [1.82, 2.24) is 4.98 Å². The molecule has 25 heavy (non-hydrogen) atoms. The van der Waals surface area contributed by atoms with E-state index in [0.29, 0.717) is 33.8 Å². The third-order valence-corrected chi connectivity index (χ3v) is 5.23. The van der Waals surface area contributed by atoms with E-state index in [1.54, 1.807) is 24.5 Å². The van der Waals surface area contributed by atoms with Gasteiger partial charge in [-0.3, -0.25) is 4.98 Å². The number of aromatic nitrogens is 3. The number of thioether (sulfide) groups is 1. The second-order valence-electron chi connectivity index (χ2n) is 5.76. The fourth-order valence-corrected chi connectivity index (χ4v) is 3.91. The van der Waals surface area contributed by atoms with Crippen LogP contribution in [0.1, 0.15) is 0 Å². The Morgan fingerprint density at radius 2 is 1.80 bits per heavy atom. The lowest BCUT2D eigenvalue weighted by atomic mass is 10.1. The molecule has 0 unspecified atom stereocenters. The van der Waals surface area contributed by atoms with Gasteiger partial charge in [-0.15, -0.1) is 0 Å². The minimum absolute atomic E-state index is 0.0143. The Bertz CT molecular complexity index is 933. The van der Waals surface area contributed by atoms with Gasteiger partial charge in [-0.1, -0.05) is 0 Å². The van der Waals surface area contributed by atoms with Crippen LogP contribution in [-0.2, 0) is 0 Å². The first kappa shape index (κ1) is 15.9. The molecule has 0 radical (unpaired) electrons. The predicted octanol–water partition coefficient (Wildman–Crippen LogP) is 1.86. The van der Waals surface area contributed by atoms with E-state index in [1.807, 2.05) is 16.7 Å². The van der Waals surface area contributed by atoms with Crippen LogP contribution in [0.3, 0.4) is 0 Å². The third-order valence-electron chi connectivity index (χ3n) is 4.29. The zero-order valence-corrected chi connectivity index (χ0v) is 14.1. The summed E-state index contributed by atoms with van der Waals surface area (Å²) in [7, 11) is 0. The number of hydrogen-bond donors (Lipinski definition) is 0. The second-order valence-corrected chi connectivity index (χ2v) is 6.99. The monoisotopic (exact) mass is 358 g/mol. The van der Waals surface area contributed by atoms with Crippen molar-refractivity contribution in [2.24, 2.45) is 0 Å². The highest BCUT2D eigenvalue weighted by Crippen LogP contribution is 2.26. The van der Waals surface area contributed by atoms with E-state index in [4.69, 9.17) is 0 Å². The summed E-state index contributed by atoms with van der Waals surface area (Å²) in [6.45, 7) is 1.43. The molecule has 0 aliphatic carbocycles. The molecule has 1 aromatic carbocycles. The van der Waals surface area contributed by atoms with Gasteiger partial charge in [-0.2, -0.15) is 21.2 Å². The predicted molar refractivity (Wildman–Crippen MR) is 94.6 cm³/mol. The fourth-order valence-electron chi connectivity index (χ4n) is 3.00. The highest BCUT2D eigenvalue weighted by molar-refractivity contribution is 7.99. The molecular formula is C17H15FN4O2S. The molecule has 8 heteroatoms. The normalized spacial score (nSPS) is 14.8. The molecule has 1 aliphatic heterocycles. The Balaban J connectivity index is 1.91. The Kier molecular flexibility index (Phi) is 4.04. The number of fused-ring (bicyclic) bond motifs is 1. The Labute approximate surface area is 147 Å². The van der Waals surface area contributed by atoms with Crippen LogP contribution >= 0.6 is 11.8 Å². The molecule has 0 amide bonds. The number of rotatable bonds is 2. The van der Waals surface area contributed by atoms with Gasteiger partial charge in [0.25, 0.3) is 22.9 Å². The quantitative estimate of drug-likeness (QED) is 0.517. The van der Waals surface area contributed by atoms with Crippen molar-refractivity contribution >= 4 is 28.5 Å². The van der Waals surface area contributed by atoms with Crippen molar-refractivity contribution in [3.8, 4) is 11.3 Å². The number of pyridine rings is 1. The first-order valence-corrected chi connectivity index (χ1v) is 9.03. The zero-order chi connectivity index (χ0) is 17.4. The van der Waals surface area contributed by atoms with Gasteiger partial charge >= 0.3 is 0 Å². The van der Waals surface area contributed by atoms with Gasteiger partial charge in [0.15, 0.2) is 5.82 Å². The highest BCUT2D eigenvalue weighted by Gasteiger charge is 2.25. The average Bonchev–Trinajstić information content (AvgIpc) is 2.66. The molecule has 4 rings (SSSR count). The van der Waals surface area contributed by atoms with Crippen LogP contribution in [0.4, 0.5) is 10.1 Å². The van der Waals surface area contributed by atoms with E-state index >= 15 is 0 Å². The van der Waals surface area contributed by atoms with E-state index in [1.165, 1.54) is 12.3 Å². The number of hydrogen-bond acceptors (Lipinski definition) is 5. The van der Waals surface area contributed by atoms with Crippen molar-refractivity contribution in [3.05, 3.63) is 59.1 Å². The van der Waals surface area contributed by atoms with Gasteiger partial charge < -0.3 is 15.3 Å². The van der Waals surface area contributed by atoms with Crippen LogP contribution < -0.4 is 14.4 Å². The maximum atomic E-state index is 14.5. The fraction of sp³-hybridized carbons (Fsp3) is 0.235. The highest BCUT2D eigenvalue weighted by atomic mass is 32.2. The largest absolute Gasteiger partial charge is 0.618 e. The van der Waals surface area contributed by atoms with E-state index in [-0.39, 0.29) is 16.7 Å². The molecule has 3 aromatic rings. The number of halogens is 1. The lowest BCUT2D eigenvalue weighted by Gasteiger charge is -2.28. The number of nitrogens with zero attached hydrogens (tertiary/aromatic N) is 4. The smallest absolute Gasteiger partial charge is 0.293 e. The standard InChI is InChI=1S/C17H15FN4O2S/c18-13-9-15-16(10-14(13)20-5-7-25-8-6-20)22(24)17(11-21(15)23)12-1-3-19-4-2-12/h1-4,9-11H,5-8H2. The van der Waals surface area contributed by atoms with Crippen LogP contribution in [-0.4, -0.2) is 29.6 Å². The van der Waals surface area contributed by atoms with Gasteiger partial charge in [-0.25, -0.2) is 4.39 Å². The van der Waals surface area contributed by atoms with E-state index < -0.39 is 5.82 Å². The second kappa shape index (κ2) is 6.36. The molecule has 0 spiro atoms. The number of benzene rings is 1. The molecule has 0 bridgehead atoms. The summed E-state index contributed by atoms with van der Waals surface area (Å²) in [5.41, 5.74) is 1.32. The summed E-state index contributed by atoms with van der Waals surface area (Å²) in [5, 5.41) is 25.2. The lowest BCUT2D eigenvalue weighted by Crippen LogP contribution is -2.40. The van der Waals surface area contributed by atoms with Crippen molar-refractivity contribution in [3.63, 3.8) is 0 Å². The van der Waals surface area contributed by atoms with Gasteiger partial charge in [0, 0.05) is 43.1 Å². The average molecular weight is 358 g/mol. The summed E-state index contributed by atoms with van der Waals surface area (Å²) >= 11 is 1.82. The van der Waals surface area contributed by atoms with Crippen molar-refractivity contribution in [2.75, 3.05) is 29.5 Å². The molecule has 0 saturated carbocycles. The van der Waals surface area contributed by atoms with Crippen LogP contribution in [0.15, 0.2) is 42.9 Å². The van der Waals surface area contributed by atoms with Gasteiger partial charge in [0.05, 0.1) is 17.3 Å². The van der Waals surface area contributed by atoms with Crippen molar-refractivity contribution in [2.45, 2.75) is 0 Å². The molecule has 1 fully saturated rings. The topological polar surface area (TPSA) is 70.0 Å². The molecule has 1 saturated heterocycles. The molecule has 6 nitrogen and oxygen atoms in total. The first-order valence-electron chi connectivity index (χ1n) is 7.87. The van der Waals surface area contributed by atoms with Crippen molar-refractivity contribution in [1.29, 1.82) is 0 Å². The van der Waals surface area contributed by atoms with Gasteiger partial charge in [0.2, 0.25) is 0 Å². The summed E-state index contributed by atoms with van der Waals surface area (Å²) in [6.07, 6.45) is 4.27. The SMILES string of the molecule is [O-][n+]1cc(-c2ccncc2)[n+]([O-])c2cc(N3CCSCC3)c(F)cc21. The summed E-state index contributed by atoms with van der Waals surface area (Å²) in [4.78, 5) is 5.83. The van der Waals surface area contributed by atoms with Crippen LogP contribution in [0.2, 0.25) is 0 Å². The Morgan fingerprint density at radius 1 is 1.08 bits per heavy atom. The molecule has 0 atom stereocenters. The van der Waals surface area contributed by atoms with Crippen LogP contribution in [0.25, 0.3) is 22.3 Å². The maximum Gasteiger partial charge on any atom is 0.293 e. The third kappa shape index (κ3) is 2.82. The minimum Gasteiger partial charge on any atom is -0.618 e. The van der Waals surface area contributed by atoms with Gasteiger partial charge in [-0.05, 0) is 12.1 Å². The molecule has 3 heterocycles. The Hall–Kier alpha value is -2.61. The summed E-state index contributed by atoms with van der Waals surface area (Å²) < 4.78 is 15.7. The zero-order valence-electron chi connectivity index (χ0n) is 13.3. The summed E-state index contributed by atoms with van der Waals surface area (Å²) in [5.74, 6) is 1.33. The number of anilines is 1. The van der Waals surface area contributed by atoms with Crippen LogP contribution in [0.5, 0.6) is 0 Å². The molecular weight excluding hydrogens is 343 g/mol. The van der Waals surface area contributed by atoms with E-state index in [9.17, 15) is 14.8 Å². The van der Waals surface area contributed by atoms with E-state index in [0.717, 1.165) is 17.6 Å². The maximum absolute atomic E-state index is 14.5. The lowest BCUT2D eigenvalue weighted by molar-refractivity contribution is -0.620. The van der Waals surface area contributed by atoms with Crippen LogP contribution in [0, 0.1) is 16.2 Å². The molecule has 128 valence electrons.